The normalized spacial score (nSPS) is 10.1. The van der Waals surface area contributed by atoms with E-state index in [1.807, 2.05) is 35.7 Å². The van der Waals surface area contributed by atoms with Crippen LogP contribution in [0.2, 0.25) is 0 Å². The molecule has 0 aliphatic heterocycles. The van der Waals surface area contributed by atoms with Crippen molar-refractivity contribution in [3.05, 3.63) is 47.3 Å². The van der Waals surface area contributed by atoms with Gasteiger partial charge in [-0.15, -0.1) is 11.3 Å². The maximum absolute atomic E-state index is 7.47. The van der Waals surface area contributed by atoms with E-state index in [2.05, 4.69) is 6.07 Å². The third kappa shape index (κ3) is 2.40. The molecule has 0 aliphatic rings. The van der Waals surface area contributed by atoms with Gasteiger partial charge in [-0.3, -0.25) is 5.41 Å². The van der Waals surface area contributed by atoms with Gasteiger partial charge in [-0.05, 0) is 17.5 Å². The maximum Gasteiger partial charge on any atom is 0.123 e. The van der Waals surface area contributed by atoms with Crippen molar-refractivity contribution in [3.8, 4) is 0 Å². The maximum atomic E-state index is 7.47. The average molecular weight is 234 g/mol. The fraction of sp³-hybridized carbons (Fsp3) is 0. The molecular weight excluding hydrogens is 224 g/mol. The van der Waals surface area contributed by atoms with Crippen molar-refractivity contribution >= 4 is 28.9 Å². The molecule has 1 heterocycles. The summed E-state index contributed by atoms with van der Waals surface area (Å²) in [6.45, 7) is 0. The first-order valence-electron chi connectivity index (χ1n) is 4.42. The van der Waals surface area contributed by atoms with Gasteiger partial charge in [0.1, 0.15) is 5.84 Å². The molecule has 0 amide bonds. The third-order valence-electron chi connectivity index (χ3n) is 1.88. The van der Waals surface area contributed by atoms with E-state index in [0.29, 0.717) is 0 Å². The highest BCUT2D eigenvalue weighted by molar-refractivity contribution is 8.01. The summed E-state index contributed by atoms with van der Waals surface area (Å²) >= 11 is 3.34. The zero-order valence-corrected chi connectivity index (χ0v) is 9.57. The van der Waals surface area contributed by atoms with Crippen molar-refractivity contribution in [1.29, 1.82) is 5.41 Å². The summed E-state index contributed by atoms with van der Waals surface area (Å²) in [5, 5.41) is 9.51. The third-order valence-corrected chi connectivity index (χ3v) is 4.00. The minimum absolute atomic E-state index is 0.120. The molecule has 0 bridgehead atoms. The topological polar surface area (TPSA) is 49.9 Å². The van der Waals surface area contributed by atoms with Gasteiger partial charge in [0, 0.05) is 10.5 Å². The Morgan fingerprint density at radius 2 is 2.00 bits per heavy atom. The molecule has 76 valence electrons. The molecule has 3 N–H and O–H groups in total. The zero-order chi connectivity index (χ0) is 10.7. The second-order valence-corrected chi connectivity index (χ2v) is 5.23. The van der Waals surface area contributed by atoms with Gasteiger partial charge in [0.25, 0.3) is 0 Å². The summed E-state index contributed by atoms with van der Waals surface area (Å²) in [5.41, 5.74) is 6.32. The number of thiophene rings is 1. The van der Waals surface area contributed by atoms with Gasteiger partial charge < -0.3 is 5.73 Å². The van der Waals surface area contributed by atoms with Crippen molar-refractivity contribution in [1.82, 2.24) is 0 Å². The summed E-state index contributed by atoms with van der Waals surface area (Å²) in [5.74, 6) is 0.120. The lowest BCUT2D eigenvalue weighted by Crippen LogP contribution is -2.11. The Morgan fingerprint density at radius 3 is 2.67 bits per heavy atom. The van der Waals surface area contributed by atoms with E-state index in [9.17, 15) is 0 Å². The molecule has 0 aliphatic carbocycles. The SMILES string of the molecule is N=C(N)c1ccccc1Sc1cccs1. The molecule has 2 nitrogen and oxygen atoms in total. The molecule has 15 heavy (non-hydrogen) atoms. The van der Waals surface area contributed by atoms with Crippen molar-refractivity contribution in [2.24, 2.45) is 5.73 Å². The summed E-state index contributed by atoms with van der Waals surface area (Å²) in [7, 11) is 0. The average Bonchev–Trinajstić information content (AvgIpc) is 2.71. The van der Waals surface area contributed by atoms with Gasteiger partial charge in [-0.25, -0.2) is 0 Å². The quantitative estimate of drug-likeness (QED) is 0.633. The monoisotopic (exact) mass is 234 g/mol. The van der Waals surface area contributed by atoms with Crippen LogP contribution < -0.4 is 5.73 Å². The van der Waals surface area contributed by atoms with E-state index in [0.717, 1.165) is 10.5 Å². The highest BCUT2D eigenvalue weighted by Gasteiger charge is 2.06. The Morgan fingerprint density at radius 1 is 1.20 bits per heavy atom. The van der Waals surface area contributed by atoms with Crippen LogP contribution in [0.25, 0.3) is 0 Å². The van der Waals surface area contributed by atoms with Crippen LogP contribution in [0.3, 0.4) is 0 Å². The van der Waals surface area contributed by atoms with Crippen LogP contribution in [-0.4, -0.2) is 5.84 Å². The predicted octanol–water partition coefficient (Wildman–Crippen LogP) is 3.18. The van der Waals surface area contributed by atoms with E-state index >= 15 is 0 Å². The first-order chi connectivity index (χ1) is 7.27. The Bertz CT molecular complexity index is 463. The van der Waals surface area contributed by atoms with Crippen molar-refractivity contribution in [2.75, 3.05) is 0 Å². The smallest absolute Gasteiger partial charge is 0.123 e. The van der Waals surface area contributed by atoms with E-state index in [-0.39, 0.29) is 5.84 Å². The summed E-state index contributed by atoms with van der Waals surface area (Å²) in [6.07, 6.45) is 0. The van der Waals surface area contributed by atoms with Gasteiger partial charge in [-0.1, -0.05) is 36.0 Å². The molecule has 1 aromatic heterocycles. The highest BCUT2D eigenvalue weighted by atomic mass is 32.2. The van der Waals surface area contributed by atoms with Crippen LogP contribution in [0.5, 0.6) is 0 Å². The van der Waals surface area contributed by atoms with Crippen LogP contribution >= 0.6 is 23.1 Å². The number of nitrogens with one attached hydrogen (secondary N) is 1. The number of rotatable bonds is 3. The second kappa shape index (κ2) is 4.51. The minimum Gasteiger partial charge on any atom is -0.384 e. The van der Waals surface area contributed by atoms with E-state index in [4.69, 9.17) is 11.1 Å². The lowest BCUT2D eigenvalue weighted by atomic mass is 10.2. The van der Waals surface area contributed by atoms with Gasteiger partial charge in [-0.2, -0.15) is 0 Å². The Kier molecular flexibility index (Phi) is 3.08. The van der Waals surface area contributed by atoms with E-state index in [1.165, 1.54) is 4.21 Å². The molecule has 0 radical (unpaired) electrons. The summed E-state index contributed by atoms with van der Waals surface area (Å²) < 4.78 is 1.21. The lowest BCUT2D eigenvalue weighted by Gasteiger charge is -2.05. The lowest BCUT2D eigenvalue weighted by molar-refractivity contribution is 1.34. The van der Waals surface area contributed by atoms with Crippen LogP contribution in [-0.2, 0) is 0 Å². The second-order valence-electron chi connectivity index (χ2n) is 2.94. The first-order valence-corrected chi connectivity index (χ1v) is 6.12. The van der Waals surface area contributed by atoms with Crippen molar-refractivity contribution < 1.29 is 0 Å². The number of nitrogens with two attached hydrogens (primary N) is 1. The van der Waals surface area contributed by atoms with Crippen molar-refractivity contribution in [3.63, 3.8) is 0 Å². The molecule has 0 fully saturated rings. The molecule has 0 saturated heterocycles. The summed E-state index contributed by atoms with van der Waals surface area (Å²) in [4.78, 5) is 1.03. The first kappa shape index (κ1) is 10.3. The van der Waals surface area contributed by atoms with Crippen LogP contribution in [0.1, 0.15) is 5.56 Å². The van der Waals surface area contributed by atoms with Gasteiger partial charge >= 0.3 is 0 Å². The predicted molar refractivity (Wildman–Crippen MR) is 65.9 cm³/mol. The largest absolute Gasteiger partial charge is 0.384 e. The Balaban J connectivity index is 2.32. The fourth-order valence-corrected chi connectivity index (χ4v) is 3.08. The molecule has 0 unspecified atom stereocenters. The van der Waals surface area contributed by atoms with Crippen LogP contribution in [0.4, 0.5) is 0 Å². The molecule has 1 aromatic carbocycles. The molecule has 4 heteroatoms. The highest BCUT2D eigenvalue weighted by Crippen LogP contribution is 2.33. The number of nitrogen functional groups attached to an aromatic ring is 1. The van der Waals surface area contributed by atoms with Gasteiger partial charge in [0.15, 0.2) is 0 Å². The number of hydrogen-bond donors (Lipinski definition) is 2. The molecule has 0 atom stereocenters. The molecule has 2 aromatic rings. The molecular formula is C11H10N2S2. The van der Waals surface area contributed by atoms with Gasteiger partial charge in [0.2, 0.25) is 0 Å². The Hall–Kier alpha value is -1.26. The number of benzene rings is 1. The number of amidine groups is 1. The Labute approximate surface area is 96.6 Å². The standard InChI is InChI=1S/C11H10N2S2/c12-11(13)8-4-1-2-5-9(8)15-10-6-3-7-14-10/h1-7H,(H3,12,13). The molecule has 0 spiro atoms. The van der Waals surface area contributed by atoms with E-state index in [1.54, 1.807) is 23.1 Å². The van der Waals surface area contributed by atoms with Crippen LogP contribution in [0, 0.1) is 5.41 Å². The van der Waals surface area contributed by atoms with Crippen LogP contribution in [0.15, 0.2) is 50.9 Å². The number of hydrogen-bond acceptors (Lipinski definition) is 3. The fourth-order valence-electron chi connectivity index (χ4n) is 1.21. The van der Waals surface area contributed by atoms with E-state index < -0.39 is 0 Å². The molecule has 0 saturated carbocycles. The molecule has 2 rings (SSSR count). The zero-order valence-electron chi connectivity index (χ0n) is 7.94. The van der Waals surface area contributed by atoms with Crippen molar-refractivity contribution in [2.45, 2.75) is 9.10 Å². The van der Waals surface area contributed by atoms with Gasteiger partial charge in [0.05, 0.1) is 4.21 Å². The minimum atomic E-state index is 0.120. The summed E-state index contributed by atoms with van der Waals surface area (Å²) in [6, 6.07) is 11.8.